The van der Waals surface area contributed by atoms with Crippen LogP contribution in [-0.2, 0) is 4.79 Å². The first-order valence-corrected chi connectivity index (χ1v) is 7.97. The van der Waals surface area contributed by atoms with E-state index in [4.69, 9.17) is 0 Å². The van der Waals surface area contributed by atoms with Crippen LogP contribution in [0.1, 0.15) is 47.0 Å². The number of carbonyl (C=O) groups is 2. The number of hydrogen-bond acceptors (Lipinski definition) is 3. The van der Waals surface area contributed by atoms with E-state index in [-0.39, 0.29) is 17.6 Å². The quantitative estimate of drug-likeness (QED) is 0.829. The Morgan fingerprint density at radius 2 is 1.90 bits per heavy atom. The zero-order chi connectivity index (χ0) is 15.2. The van der Waals surface area contributed by atoms with Gasteiger partial charge in [-0.3, -0.25) is 9.59 Å². The number of carbonyl (C=O) groups excluding carboxylic acids is 2. The van der Waals surface area contributed by atoms with Gasteiger partial charge < -0.3 is 5.32 Å². The number of rotatable bonds is 6. The summed E-state index contributed by atoms with van der Waals surface area (Å²) in [5, 5.41) is 4.78. The SMILES string of the molecule is CCCNC(=O)C(C)c1ccc(C(=O)c2cccs2)cc1. The third kappa shape index (κ3) is 3.79. The van der Waals surface area contributed by atoms with E-state index in [0.717, 1.165) is 16.9 Å². The number of ketones is 1. The second kappa shape index (κ2) is 7.18. The van der Waals surface area contributed by atoms with Gasteiger partial charge in [-0.05, 0) is 30.4 Å². The van der Waals surface area contributed by atoms with Gasteiger partial charge in [-0.25, -0.2) is 0 Å². The molecule has 3 nitrogen and oxygen atoms in total. The van der Waals surface area contributed by atoms with Crippen molar-refractivity contribution in [2.45, 2.75) is 26.2 Å². The molecule has 0 aliphatic rings. The lowest BCUT2D eigenvalue weighted by molar-refractivity contribution is -0.122. The molecule has 1 aromatic carbocycles. The molecule has 0 spiro atoms. The van der Waals surface area contributed by atoms with E-state index in [0.29, 0.717) is 12.1 Å². The fourth-order valence-corrected chi connectivity index (χ4v) is 2.71. The van der Waals surface area contributed by atoms with Crippen molar-refractivity contribution < 1.29 is 9.59 Å². The molecule has 4 heteroatoms. The topological polar surface area (TPSA) is 46.2 Å². The summed E-state index contributed by atoms with van der Waals surface area (Å²) in [6, 6.07) is 11.0. The maximum Gasteiger partial charge on any atom is 0.227 e. The Balaban J connectivity index is 2.08. The average Bonchev–Trinajstić information content (AvgIpc) is 3.05. The van der Waals surface area contributed by atoms with E-state index < -0.39 is 0 Å². The van der Waals surface area contributed by atoms with Crippen LogP contribution in [0.25, 0.3) is 0 Å². The van der Waals surface area contributed by atoms with Gasteiger partial charge in [0.25, 0.3) is 0 Å². The van der Waals surface area contributed by atoms with Crippen LogP contribution in [-0.4, -0.2) is 18.2 Å². The summed E-state index contributed by atoms with van der Waals surface area (Å²) >= 11 is 1.44. The van der Waals surface area contributed by atoms with Crippen molar-refractivity contribution in [3.05, 3.63) is 57.8 Å². The highest BCUT2D eigenvalue weighted by Crippen LogP contribution is 2.19. The number of benzene rings is 1. The molecule has 0 fully saturated rings. The standard InChI is InChI=1S/C17H19NO2S/c1-3-10-18-17(20)12(2)13-6-8-14(9-7-13)16(19)15-5-4-11-21-15/h4-9,11-12H,3,10H2,1-2H3,(H,18,20). The smallest absolute Gasteiger partial charge is 0.227 e. The maximum atomic E-state index is 12.2. The molecule has 0 radical (unpaired) electrons. The Hall–Kier alpha value is -1.94. The van der Waals surface area contributed by atoms with E-state index in [9.17, 15) is 9.59 Å². The van der Waals surface area contributed by atoms with Crippen molar-refractivity contribution in [3.8, 4) is 0 Å². The van der Waals surface area contributed by atoms with Crippen molar-refractivity contribution in [2.75, 3.05) is 6.54 Å². The predicted octanol–water partition coefficient (Wildman–Crippen LogP) is 3.61. The van der Waals surface area contributed by atoms with Gasteiger partial charge in [-0.2, -0.15) is 0 Å². The molecule has 1 atom stereocenters. The van der Waals surface area contributed by atoms with Gasteiger partial charge in [-0.1, -0.05) is 37.3 Å². The summed E-state index contributed by atoms with van der Waals surface area (Å²) in [5.41, 5.74) is 1.58. The second-order valence-electron chi connectivity index (χ2n) is 4.94. The van der Waals surface area contributed by atoms with Gasteiger partial charge in [-0.15, -0.1) is 11.3 Å². The lowest BCUT2D eigenvalue weighted by atomic mass is 9.98. The van der Waals surface area contributed by atoms with Crippen molar-refractivity contribution >= 4 is 23.0 Å². The largest absolute Gasteiger partial charge is 0.356 e. The predicted molar refractivity (Wildman–Crippen MR) is 85.9 cm³/mol. The lowest BCUT2D eigenvalue weighted by Crippen LogP contribution is -2.28. The summed E-state index contributed by atoms with van der Waals surface area (Å²) in [7, 11) is 0. The normalized spacial score (nSPS) is 11.9. The summed E-state index contributed by atoms with van der Waals surface area (Å²) < 4.78 is 0. The fraction of sp³-hybridized carbons (Fsp3) is 0.294. The Kier molecular flexibility index (Phi) is 5.28. The first-order valence-electron chi connectivity index (χ1n) is 7.09. The molecule has 21 heavy (non-hydrogen) atoms. The fourth-order valence-electron chi connectivity index (χ4n) is 2.03. The highest BCUT2D eigenvalue weighted by atomic mass is 32.1. The number of hydrogen-bond donors (Lipinski definition) is 1. The third-order valence-electron chi connectivity index (χ3n) is 3.36. The minimum atomic E-state index is -0.206. The summed E-state index contributed by atoms with van der Waals surface area (Å²) in [6.45, 7) is 4.59. The van der Waals surface area contributed by atoms with Crippen molar-refractivity contribution in [1.29, 1.82) is 0 Å². The Bertz CT molecular complexity index is 602. The summed E-state index contributed by atoms with van der Waals surface area (Å²) in [6.07, 6.45) is 0.923. The van der Waals surface area contributed by atoms with Crippen LogP contribution in [0.15, 0.2) is 41.8 Å². The van der Waals surface area contributed by atoms with Gasteiger partial charge in [0.15, 0.2) is 0 Å². The number of amides is 1. The summed E-state index contributed by atoms with van der Waals surface area (Å²) in [4.78, 5) is 24.9. The molecule has 1 heterocycles. The molecule has 2 aromatic rings. The minimum absolute atomic E-state index is 0.0224. The van der Waals surface area contributed by atoms with Gasteiger partial charge in [0, 0.05) is 12.1 Å². The first-order chi connectivity index (χ1) is 10.1. The zero-order valence-corrected chi connectivity index (χ0v) is 13.1. The molecule has 1 aromatic heterocycles. The zero-order valence-electron chi connectivity index (χ0n) is 12.3. The molecule has 1 unspecified atom stereocenters. The Morgan fingerprint density at radius 1 is 1.19 bits per heavy atom. The molecule has 0 bridgehead atoms. The van der Waals surface area contributed by atoms with Gasteiger partial charge in [0.05, 0.1) is 10.8 Å². The van der Waals surface area contributed by atoms with E-state index in [1.54, 1.807) is 12.1 Å². The number of nitrogens with one attached hydrogen (secondary N) is 1. The molecule has 0 saturated heterocycles. The monoisotopic (exact) mass is 301 g/mol. The van der Waals surface area contributed by atoms with E-state index >= 15 is 0 Å². The molecule has 0 aliphatic carbocycles. The van der Waals surface area contributed by atoms with Gasteiger partial charge in [0.1, 0.15) is 0 Å². The van der Waals surface area contributed by atoms with Crippen molar-refractivity contribution in [1.82, 2.24) is 5.32 Å². The van der Waals surface area contributed by atoms with E-state index in [1.165, 1.54) is 11.3 Å². The van der Waals surface area contributed by atoms with Crippen LogP contribution in [0, 0.1) is 0 Å². The van der Waals surface area contributed by atoms with Crippen LogP contribution >= 0.6 is 11.3 Å². The van der Waals surface area contributed by atoms with E-state index in [2.05, 4.69) is 5.32 Å². The Labute approximate surface area is 129 Å². The molecule has 0 aliphatic heterocycles. The molecular formula is C17H19NO2S. The highest BCUT2D eigenvalue weighted by Gasteiger charge is 2.16. The molecule has 1 amide bonds. The summed E-state index contributed by atoms with van der Waals surface area (Å²) in [5.74, 6) is -0.156. The minimum Gasteiger partial charge on any atom is -0.356 e. The lowest BCUT2D eigenvalue weighted by Gasteiger charge is -2.12. The van der Waals surface area contributed by atoms with Crippen molar-refractivity contribution in [3.63, 3.8) is 0 Å². The molecule has 2 rings (SSSR count). The molecular weight excluding hydrogens is 282 g/mol. The van der Waals surface area contributed by atoms with Crippen LogP contribution in [0.3, 0.4) is 0 Å². The van der Waals surface area contributed by atoms with E-state index in [1.807, 2.05) is 43.5 Å². The average molecular weight is 301 g/mol. The van der Waals surface area contributed by atoms with Crippen LogP contribution < -0.4 is 5.32 Å². The highest BCUT2D eigenvalue weighted by molar-refractivity contribution is 7.12. The van der Waals surface area contributed by atoms with Gasteiger partial charge >= 0.3 is 0 Å². The van der Waals surface area contributed by atoms with Crippen LogP contribution in [0.5, 0.6) is 0 Å². The second-order valence-corrected chi connectivity index (χ2v) is 5.89. The third-order valence-corrected chi connectivity index (χ3v) is 4.23. The van der Waals surface area contributed by atoms with Gasteiger partial charge in [0.2, 0.25) is 11.7 Å². The first kappa shape index (κ1) is 15.4. The van der Waals surface area contributed by atoms with Crippen molar-refractivity contribution in [2.24, 2.45) is 0 Å². The number of thiophene rings is 1. The molecule has 1 N–H and O–H groups in total. The maximum absolute atomic E-state index is 12.2. The van der Waals surface area contributed by atoms with Crippen LogP contribution in [0.2, 0.25) is 0 Å². The Morgan fingerprint density at radius 3 is 2.48 bits per heavy atom. The van der Waals surface area contributed by atoms with Crippen LogP contribution in [0.4, 0.5) is 0 Å². The molecule has 110 valence electrons. The molecule has 0 saturated carbocycles.